The van der Waals surface area contributed by atoms with E-state index >= 15 is 0 Å². The van der Waals surface area contributed by atoms with Gasteiger partial charge in [-0.25, -0.2) is 0 Å². The van der Waals surface area contributed by atoms with Crippen molar-refractivity contribution in [3.63, 3.8) is 0 Å². The van der Waals surface area contributed by atoms with Crippen molar-refractivity contribution in [2.45, 2.75) is 0 Å². The van der Waals surface area contributed by atoms with Gasteiger partial charge < -0.3 is 15.2 Å². The van der Waals surface area contributed by atoms with Gasteiger partial charge in [0.1, 0.15) is 11.5 Å². The summed E-state index contributed by atoms with van der Waals surface area (Å²) in [5.41, 5.74) is 5.94. The van der Waals surface area contributed by atoms with Gasteiger partial charge in [0.2, 0.25) is 5.91 Å². The maximum Gasteiger partial charge on any atom is 0.266 e. The van der Waals surface area contributed by atoms with Crippen LogP contribution in [0, 0.1) is 0 Å². The first-order chi connectivity index (χ1) is 11.5. The summed E-state index contributed by atoms with van der Waals surface area (Å²) in [6.45, 7) is 0. The molecule has 3 rings (SSSR count). The van der Waals surface area contributed by atoms with Crippen molar-refractivity contribution in [3.05, 3.63) is 64.6 Å². The summed E-state index contributed by atoms with van der Waals surface area (Å²) < 4.78 is 12.0. The average molecular weight is 324 g/mol. The van der Waals surface area contributed by atoms with E-state index in [1.807, 2.05) is 0 Å². The summed E-state index contributed by atoms with van der Waals surface area (Å²) in [6, 6.07) is 11.8. The SMILES string of the molecule is COc1cc(OC)c2c(=O)n(-c3cccc(C(N)=O)c3)ccc2c1. The number of hydrogen-bond acceptors (Lipinski definition) is 4. The molecule has 0 saturated heterocycles. The third kappa shape index (κ3) is 2.58. The first kappa shape index (κ1) is 15.6. The van der Waals surface area contributed by atoms with Crippen molar-refractivity contribution in [3.8, 4) is 17.2 Å². The Morgan fingerprint density at radius 2 is 1.88 bits per heavy atom. The second-order valence-electron chi connectivity index (χ2n) is 5.20. The number of benzene rings is 2. The summed E-state index contributed by atoms with van der Waals surface area (Å²) in [4.78, 5) is 24.3. The van der Waals surface area contributed by atoms with Crippen LogP contribution >= 0.6 is 0 Å². The molecule has 1 aromatic heterocycles. The largest absolute Gasteiger partial charge is 0.497 e. The van der Waals surface area contributed by atoms with Gasteiger partial charge in [-0.2, -0.15) is 0 Å². The Labute approximate surface area is 138 Å². The Balaban J connectivity index is 2.28. The van der Waals surface area contributed by atoms with Gasteiger partial charge in [-0.15, -0.1) is 0 Å². The molecule has 0 aliphatic heterocycles. The molecule has 6 heteroatoms. The van der Waals surface area contributed by atoms with Gasteiger partial charge >= 0.3 is 0 Å². The fourth-order valence-electron chi connectivity index (χ4n) is 2.61. The quantitative estimate of drug-likeness (QED) is 0.796. The number of nitrogens with two attached hydrogens (primary N) is 1. The number of hydrogen-bond donors (Lipinski definition) is 1. The number of ether oxygens (including phenoxy) is 2. The molecule has 2 N–H and O–H groups in total. The van der Waals surface area contributed by atoms with Crippen LogP contribution in [-0.2, 0) is 0 Å². The molecule has 1 amide bonds. The lowest BCUT2D eigenvalue weighted by Gasteiger charge is -2.12. The number of aromatic nitrogens is 1. The summed E-state index contributed by atoms with van der Waals surface area (Å²) in [5.74, 6) is 0.481. The Kier molecular flexibility index (Phi) is 3.95. The molecule has 0 bridgehead atoms. The Hall–Kier alpha value is -3.28. The topological polar surface area (TPSA) is 83.6 Å². The molecule has 0 unspecified atom stereocenters. The zero-order valence-electron chi connectivity index (χ0n) is 13.3. The number of rotatable bonds is 4. The maximum atomic E-state index is 12.9. The van der Waals surface area contributed by atoms with Crippen LogP contribution in [0.1, 0.15) is 10.4 Å². The second-order valence-corrected chi connectivity index (χ2v) is 5.20. The van der Waals surface area contributed by atoms with E-state index in [2.05, 4.69) is 0 Å². The monoisotopic (exact) mass is 324 g/mol. The number of carbonyl (C=O) groups excluding carboxylic acids is 1. The van der Waals surface area contributed by atoms with E-state index < -0.39 is 5.91 Å². The number of methoxy groups -OCH3 is 2. The Bertz CT molecular complexity index is 992. The van der Waals surface area contributed by atoms with E-state index in [1.54, 1.807) is 55.8 Å². The molecule has 0 aliphatic carbocycles. The lowest BCUT2D eigenvalue weighted by atomic mass is 10.1. The number of pyridine rings is 1. The standard InChI is InChI=1S/C18H16N2O4/c1-23-14-9-11-6-7-20(18(22)16(11)15(10-14)24-2)13-5-3-4-12(8-13)17(19)21/h3-10H,1-2H3,(H2,19,21). The zero-order valence-corrected chi connectivity index (χ0v) is 13.3. The van der Waals surface area contributed by atoms with Crippen LogP contribution in [0.15, 0.2) is 53.5 Å². The van der Waals surface area contributed by atoms with Gasteiger partial charge in [-0.3, -0.25) is 14.2 Å². The number of primary amides is 1. The van der Waals surface area contributed by atoms with E-state index in [0.717, 1.165) is 0 Å². The predicted molar refractivity (Wildman–Crippen MR) is 91.2 cm³/mol. The van der Waals surface area contributed by atoms with Crippen molar-refractivity contribution < 1.29 is 14.3 Å². The third-order valence-electron chi connectivity index (χ3n) is 3.81. The normalized spacial score (nSPS) is 10.6. The fraction of sp³-hybridized carbons (Fsp3) is 0.111. The third-order valence-corrected chi connectivity index (χ3v) is 3.81. The van der Waals surface area contributed by atoms with Crippen LogP contribution in [0.2, 0.25) is 0 Å². The molecule has 0 spiro atoms. The summed E-state index contributed by atoms with van der Waals surface area (Å²) in [6.07, 6.45) is 1.64. The molecule has 0 fully saturated rings. The van der Waals surface area contributed by atoms with E-state index in [-0.39, 0.29) is 5.56 Å². The van der Waals surface area contributed by atoms with E-state index in [1.165, 1.54) is 11.7 Å². The van der Waals surface area contributed by atoms with Crippen molar-refractivity contribution in [1.82, 2.24) is 4.57 Å². The number of fused-ring (bicyclic) bond motifs is 1. The van der Waals surface area contributed by atoms with E-state index in [4.69, 9.17) is 15.2 Å². The molecule has 24 heavy (non-hydrogen) atoms. The number of carbonyl (C=O) groups is 1. The van der Waals surface area contributed by atoms with E-state index in [9.17, 15) is 9.59 Å². The lowest BCUT2D eigenvalue weighted by Crippen LogP contribution is -2.19. The van der Waals surface area contributed by atoms with Gasteiger partial charge in [-0.1, -0.05) is 6.07 Å². The highest BCUT2D eigenvalue weighted by molar-refractivity contribution is 5.93. The highest BCUT2D eigenvalue weighted by atomic mass is 16.5. The molecule has 0 atom stereocenters. The Morgan fingerprint density at radius 3 is 2.54 bits per heavy atom. The lowest BCUT2D eigenvalue weighted by molar-refractivity contribution is 0.1000. The van der Waals surface area contributed by atoms with Gasteiger partial charge in [0, 0.05) is 23.5 Å². The van der Waals surface area contributed by atoms with Crippen molar-refractivity contribution in [2.24, 2.45) is 5.73 Å². The highest BCUT2D eigenvalue weighted by Gasteiger charge is 2.12. The first-order valence-electron chi connectivity index (χ1n) is 7.23. The minimum absolute atomic E-state index is 0.256. The molecule has 0 saturated carbocycles. The van der Waals surface area contributed by atoms with Crippen molar-refractivity contribution in [1.29, 1.82) is 0 Å². The fourth-order valence-corrected chi connectivity index (χ4v) is 2.61. The number of amides is 1. The van der Waals surface area contributed by atoms with Gasteiger partial charge in [-0.05, 0) is 35.7 Å². The molecular weight excluding hydrogens is 308 g/mol. The van der Waals surface area contributed by atoms with Gasteiger partial charge in [0.05, 0.1) is 19.6 Å². The van der Waals surface area contributed by atoms with Gasteiger partial charge in [0.15, 0.2) is 0 Å². The summed E-state index contributed by atoms with van der Waals surface area (Å²) >= 11 is 0. The van der Waals surface area contributed by atoms with Crippen LogP contribution < -0.4 is 20.8 Å². The second kappa shape index (κ2) is 6.08. The van der Waals surface area contributed by atoms with Crippen molar-refractivity contribution >= 4 is 16.7 Å². The van der Waals surface area contributed by atoms with Crippen LogP contribution in [-0.4, -0.2) is 24.7 Å². The van der Waals surface area contributed by atoms with Crippen LogP contribution in [0.25, 0.3) is 16.5 Å². The number of nitrogens with zero attached hydrogens (tertiary/aromatic N) is 1. The average Bonchev–Trinajstić information content (AvgIpc) is 2.61. The smallest absolute Gasteiger partial charge is 0.266 e. The minimum Gasteiger partial charge on any atom is -0.497 e. The molecular formula is C18H16N2O4. The predicted octanol–water partition coefficient (Wildman–Crippen LogP) is 2.11. The molecule has 0 aliphatic rings. The first-order valence-corrected chi connectivity index (χ1v) is 7.23. The summed E-state index contributed by atoms with van der Waals surface area (Å²) in [7, 11) is 3.05. The van der Waals surface area contributed by atoms with E-state index in [0.29, 0.717) is 33.5 Å². The molecule has 1 heterocycles. The van der Waals surface area contributed by atoms with Gasteiger partial charge in [0.25, 0.3) is 5.56 Å². The molecule has 122 valence electrons. The van der Waals surface area contributed by atoms with Crippen LogP contribution in [0.3, 0.4) is 0 Å². The maximum absolute atomic E-state index is 12.9. The molecule has 0 radical (unpaired) electrons. The Morgan fingerprint density at radius 1 is 1.08 bits per heavy atom. The minimum atomic E-state index is -0.548. The molecule has 3 aromatic rings. The molecule has 6 nitrogen and oxygen atoms in total. The highest BCUT2D eigenvalue weighted by Crippen LogP contribution is 2.29. The summed E-state index contributed by atoms with van der Waals surface area (Å²) in [5, 5.41) is 1.14. The molecule has 2 aromatic carbocycles. The van der Waals surface area contributed by atoms with Crippen LogP contribution in [0.4, 0.5) is 0 Å². The zero-order chi connectivity index (χ0) is 17.3. The van der Waals surface area contributed by atoms with Crippen LogP contribution in [0.5, 0.6) is 11.5 Å². The van der Waals surface area contributed by atoms with Crippen molar-refractivity contribution in [2.75, 3.05) is 14.2 Å².